The maximum Gasteiger partial charge on any atom is 0.326 e. The maximum atomic E-state index is 12.9. The zero-order valence-electron chi connectivity index (χ0n) is 20.2. The molecule has 0 saturated heterocycles. The average molecular weight is 443 g/mol. The van der Waals surface area contributed by atoms with Crippen LogP contribution < -0.4 is 21.7 Å². The molecule has 0 bridgehead atoms. The van der Waals surface area contributed by atoms with E-state index in [1.165, 1.54) is 0 Å². The lowest BCUT2D eigenvalue weighted by Gasteiger charge is -2.26. The lowest BCUT2D eigenvalue weighted by Crippen LogP contribution is -2.55. The molecule has 0 aliphatic heterocycles. The van der Waals surface area contributed by atoms with Gasteiger partial charge in [0.15, 0.2) is 0 Å². The van der Waals surface area contributed by atoms with Crippen LogP contribution in [0.3, 0.4) is 0 Å². The van der Waals surface area contributed by atoms with E-state index >= 15 is 0 Å². The lowest BCUT2D eigenvalue weighted by molar-refractivity contribution is -0.139. The minimum atomic E-state index is -1.09. The molecule has 8 nitrogen and oxygen atoms in total. The number of carboxylic acids is 1. The number of carbonyl (C=O) groups excluding carboxylic acids is 2. The van der Waals surface area contributed by atoms with Gasteiger partial charge in [-0.05, 0) is 51.0 Å². The Morgan fingerprint density at radius 3 is 2.03 bits per heavy atom. The number of unbranched alkanes of at least 4 members (excludes halogenated alkanes) is 3. The smallest absolute Gasteiger partial charge is 0.326 e. The quantitative estimate of drug-likeness (QED) is 0.220. The first-order valence-corrected chi connectivity index (χ1v) is 12.0. The second-order valence-corrected chi connectivity index (χ2v) is 8.87. The molecular weight excluding hydrogens is 396 g/mol. The van der Waals surface area contributed by atoms with Crippen LogP contribution in [-0.4, -0.2) is 47.7 Å². The summed E-state index contributed by atoms with van der Waals surface area (Å²) in [7, 11) is 0. The van der Waals surface area contributed by atoms with Crippen molar-refractivity contribution in [3.8, 4) is 0 Å². The fraction of sp³-hybridized carbons (Fsp3) is 0.870. The Morgan fingerprint density at radius 2 is 1.48 bits per heavy atom. The molecule has 0 radical (unpaired) electrons. The molecule has 0 aromatic carbocycles. The van der Waals surface area contributed by atoms with Crippen molar-refractivity contribution >= 4 is 17.9 Å². The van der Waals surface area contributed by atoms with Gasteiger partial charge in [-0.2, -0.15) is 0 Å². The second kappa shape index (κ2) is 16.8. The summed E-state index contributed by atoms with van der Waals surface area (Å²) in [5.41, 5.74) is 5.46. The molecule has 5 atom stereocenters. The van der Waals surface area contributed by atoms with E-state index in [1.54, 1.807) is 0 Å². The molecule has 182 valence electrons. The van der Waals surface area contributed by atoms with Crippen LogP contribution in [0.2, 0.25) is 0 Å². The molecule has 6 N–H and O–H groups in total. The predicted molar refractivity (Wildman–Crippen MR) is 125 cm³/mol. The van der Waals surface area contributed by atoms with Crippen molar-refractivity contribution in [1.29, 1.82) is 0 Å². The van der Waals surface area contributed by atoms with Gasteiger partial charge < -0.3 is 26.8 Å². The van der Waals surface area contributed by atoms with Gasteiger partial charge in [-0.25, -0.2) is 9.59 Å². The van der Waals surface area contributed by atoms with E-state index in [0.29, 0.717) is 38.1 Å². The maximum absolute atomic E-state index is 12.9. The third kappa shape index (κ3) is 13.2. The van der Waals surface area contributed by atoms with Crippen LogP contribution in [0.15, 0.2) is 0 Å². The first-order chi connectivity index (χ1) is 14.7. The van der Waals surface area contributed by atoms with E-state index in [4.69, 9.17) is 5.73 Å². The van der Waals surface area contributed by atoms with Gasteiger partial charge in [-0.1, -0.05) is 59.8 Å². The fourth-order valence-electron chi connectivity index (χ4n) is 3.42. The van der Waals surface area contributed by atoms with Crippen molar-refractivity contribution in [3.05, 3.63) is 0 Å². The van der Waals surface area contributed by atoms with E-state index in [0.717, 1.165) is 32.1 Å². The molecule has 0 aliphatic carbocycles. The third-order valence-corrected chi connectivity index (χ3v) is 5.98. The van der Waals surface area contributed by atoms with Gasteiger partial charge in [0.1, 0.15) is 12.1 Å². The molecule has 0 aromatic heterocycles. The van der Waals surface area contributed by atoms with Gasteiger partial charge in [0.25, 0.3) is 0 Å². The minimum Gasteiger partial charge on any atom is -0.480 e. The summed E-state index contributed by atoms with van der Waals surface area (Å²) in [5.74, 6) is -0.729. The monoisotopic (exact) mass is 442 g/mol. The Balaban J connectivity index is 5.09. The zero-order chi connectivity index (χ0) is 23.8. The Morgan fingerprint density at radius 1 is 0.871 bits per heavy atom. The van der Waals surface area contributed by atoms with Crippen LogP contribution in [0.25, 0.3) is 0 Å². The molecule has 31 heavy (non-hydrogen) atoms. The van der Waals surface area contributed by atoms with Gasteiger partial charge in [-0.15, -0.1) is 0 Å². The highest BCUT2D eigenvalue weighted by Crippen LogP contribution is 2.16. The van der Waals surface area contributed by atoms with Crippen molar-refractivity contribution in [2.24, 2.45) is 17.6 Å². The summed E-state index contributed by atoms with van der Waals surface area (Å²) in [6.45, 7) is 10.8. The standard InChI is InChI=1S/C23H46N4O4/c1-6-8-9-12-16(3)15-20(21(28)25-18(5)17(4)7-2)27-23(31)26-19(22(29)30)13-10-11-14-24/h16-20H,6-15,24H2,1-5H3,(H,25,28)(H,29,30)(H2,26,27,31)/t16?,17?,18?,19-,20+/m0/s1. The van der Waals surface area contributed by atoms with Crippen LogP contribution in [0.1, 0.15) is 92.4 Å². The lowest BCUT2D eigenvalue weighted by atomic mass is 9.94. The number of urea groups is 1. The Labute approximate surface area is 188 Å². The highest BCUT2D eigenvalue weighted by Gasteiger charge is 2.27. The first-order valence-electron chi connectivity index (χ1n) is 12.0. The summed E-state index contributed by atoms with van der Waals surface area (Å²) >= 11 is 0. The number of amides is 3. The SMILES string of the molecule is CCCCCC(C)C[C@@H](NC(=O)N[C@@H](CCCCN)C(=O)O)C(=O)NC(C)C(C)CC. The van der Waals surface area contributed by atoms with Crippen LogP contribution in [-0.2, 0) is 9.59 Å². The number of hydrogen-bond donors (Lipinski definition) is 5. The van der Waals surface area contributed by atoms with Gasteiger partial charge in [0.05, 0.1) is 0 Å². The number of nitrogens with two attached hydrogens (primary N) is 1. The predicted octanol–water partition coefficient (Wildman–Crippen LogP) is 3.39. The van der Waals surface area contributed by atoms with Crippen LogP contribution in [0, 0.1) is 11.8 Å². The van der Waals surface area contributed by atoms with Crippen molar-refractivity contribution in [3.63, 3.8) is 0 Å². The van der Waals surface area contributed by atoms with Crippen molar-refractivity contribution in [1.82, 2.24) is 16.0 Å². The normalized spacial score (nSPS) is 15.9. The number of carbonyl (C=O) groups is 3. The number of rotatable bonds is 17. The molecule has 0 rings (SSSR count). The largest absolute Gasteiger partial charge is 0.480 e. The first kappa shape index (κ1) is 29.2. The Kier molecular flexibility index (Phi) is 15.8. The van der Waals surface area contributed by atoms with Crippen molar-refractivity contribution in [2.45, 2.75) is 111 Å². The van der Waals surface area contributed by atoms with E-state index < -0.39 is 24.1 Å². The molecular formula is C23H46N4O4. The molecule has 0 aliphatic rings. The number of aliphatic carboxylic acids is 1. The van der Waals surface area contributed by atoms with E-state index in [1.807, 2.05) is 6.92 Å². The van der Waals surface area contributed by atoms with Crippen molar-refractivity contribution < 1.29 is 19.5 Å². The molecule has 3 amide bonds. The zero-order valence-corrected chi connectivity index (χ0v) is 20.2. The molecule has 3 unspecified atom stereocenters. The summed E-state index contributed by atoms with van der Waals surface area (Å²) in [4.78, 5) is 36.9. The number of nitrogens with one attached hydrogen (secondary N) is 3. The Bertz CT molecular complexity index is 530. The second-order valence-electron chi connectivity index (χ2n) is 8.87. The Hall–Kier alpha value is -1.83. The molecule has 0 spiro atoms. The van der Waals surface area contributed by atoms with E-state index in [2.05, 4.69) is 43.6 Å². The van der Waals surface area contributed by atoms with Crippen LogP contribution in [0.4, 0.5) is 4.79 Å². The summed E-state index contributed by atoms with van der Waals surface area (Å²) in [6, 6.07) is -2.35. The number of hydrogen-bond acceptors (Lipinski definition) is 4. The minimum absolute atomic E-state index is 0.0108. The van der Waals surface area contributed by atoms with Gasteiger partial charge in [0.2, 0.25) is 5.91 Å². The van der Waals surface area contributed by atoms with Gasteiger partial charge in [0, 0.05) is 6.04 Å². The van der Waals surface area contributed by atoms with Crippen molar-refractivity contribution in [2.75, 3.05) is 6.54 Å². The summed E-state index contributed by atoms with van der Waals surface area (Å²) in [6.07, 6.45) is 7.41. The van der Waals surface area contributed by atoms with Crippen LogP contribution in [0.5, 0.6) is 0 Å². The average Bonchev–Trinajstić information content (AvgIpc) is 2.71. The summed E-state index contributed by atoms with van der Waals surface area (Å²) < 4.78 is 0. The number of carboxylic acid groups (broad SMARTS) is 1. The van der Waals surface area contributed by atoms with Gasteiger partial charge in [-0.3, -0.25) is 4.79 Å². The van der Waals surface area contributed by atoms with Gasteiger partial charge >= 0.3 is 12.0 Å². The molecule has 0 heterocycles. The van der Waals surface area contributed by atoms with E-state index in [9.17, 15) is 19.5 Å². The highest BCUT2D eigenvalue weighted by atomic mass is 16.4. The van der Waals surface area contributed by atoms with E-state index in [-0.39, 0.29) is 17.9 Å². The van der Waals surface area contributed by atoms with Crippen LogP contribution >= 0.6 is 0 Å². The molecule has 8 heteroatoms. The molecule has 0 fully saturated rings. The summed E-state index contributed by atoms with van der Waals surface area (Å²) in [5, 5.41) is 17.6. The molecule has 0 aromatic rings. The fourth-order valence-corrected chi connectivity index (χ4v) is 3.42. The third-order valence-electron chi connectivity index (χ3n) is 5.98. The highest BCUT2D eigenvalue weighted by molar-refractivity contribution is 5.88. The topological polar surface area (TPSA) is 134 Å². The molecule has 0 saturated carbocycles.